The Morgan fingerprint density at radius 2 is 1.70 bits per heavy atom. The number of β-amino-alcohol motifs (C(OH)–C–C–N with tert-alkyl or cyclic N) is 1. The molecule has 2 aromatic heterocycles. The number of carbonyl (C=O) groups excluding carboxylic acids is 1. The highest BCUT2D eigenvalue weighted by Crippen LogP contribution is 2.46. The highest BCUT2D eigenvalue weighted by Gasteiger charge is 2.44. The summed E-state index contributed by atoms with van der Waals surface area (Å²) in [5.74, 6) is 0.0447. The summed E-state index contributed by atoms with van der Waals surface area (Å²) in [4.78, 5) is 45.1. The molecule has 1 fully saturated rings. The number of aliphatic hydroxyl groups is 1. The molecule has 10 heteroatoms. The predicted molar refractivity (Wildman–Crippen MR) is 169 cm³/mol. The quantitative estimate of drug-likeness (QED) is 0.349. The number of hydrogen-bond acceptors (Lipinski definition) is 7. The van der Waals surface area contributed by atoms with Crippen LogP contribution in [0.1, 0.15) is 52.0 Å². The van der Waals surface area contributed by atoms with Gasteiger partial charge < -0.3 is 19.7 Å². The molecule has 6 rings (SSSR count). The fourth-order valence-corrected chi connectivity index (χ4v) is 6.71. The number of likely N-dealkylation sites (tertiary alicyclic amines) is 1. The Kier molecular flexibility index (Phi) is 7.30. The largest absolute Gasteiger partial charge is 0.481 e. The zero-order chi connectivity index (χ0) is 31.5. The number of aryl methyl sites for hydroxylation is 2. The third-order valence-electron chi connectivity index (χ3n) is 9.02. The van der Waals surface area contributed by atoms with E-state index in [1.54, 1.807) is 13.2 Å². The van der Waals surface area contributed by atoms with Crippen LogP contribution in [0.2, 0.25) is 0 Å². The van der Waals surface area contributed by atoms with Crippen LogP contribution in [0.25, 0.3) is 22.4 Å². The van der Waals surface area contributed by atoms with E-state index in [0.717, 1.165) is 56.5 Å². The Labute approximate surface area is 255 Å². The Bertz CT molecular complexity index is 1930. The van der Waals surface area contributed by atoms with E-state index in [2.05, 4.69) is 29.3 Å². The van der Waals surface area contributed by atoms with Crippen molar-refractivity contribution >= 4 is 11.6 Å². The minimum absolute atomic E-state index is 0.115. The molecule has 1 aliphatic heterocycles. The lowest BCUT2D eigenvalue weighted by Crippen LogP contribution is -2.60. The van der Waals surface area contributed by atoms with E-state index in [1.165, 1.54) is 30.4 Å². The Morgan fingerprint density at radius 1 is 1.05 bits per heavy atom. The van der Waals surface area contributed by atoms with Crippen molar-refractivity contribution in [1.82, 2.24) is 19.0 Å². The average Bonchev–Trinajstić information content (AvgIpc) is 3.41. The molecular formula is C34H37N5O5. The molecule has 1 atom stereocenters. The lowest BCUT2D eigenvalue weighted by Gasteiger charge is -2.47. The second-order valence-corrected chi connectivity index (χ2v) is 12.3. The summed E-state index contributed by atoms with van der Waals surface area (Å²) in [7, 11) is 4.51. The van der Waals surface area contributed by atoms with Crippen molar-refractivity contribution in [3.05, 3.63) is 97.3 Å². The Hall–Kier alpha value is -4.54. The van der Waals surface area contributed by atoms with E-state index in [0.29, 0.717) is 24.7 Å². The van der Waals surface area contributed by atoms with Crippen LogP contribution in [0.4, 0.5) is 5.69 Å². The van der Waals surface area contributed by atoms with Crippen molar-refractivity contribution in [2.24, 2.45) is 14.1 Å². The van der Waals surface area contributed by atoms with Crippen LogP contribution in [0.15, 0.2) is 58.3 Å². The van der Waals surface area contributed by atoms with Crippen LogP contribution >= 0.6 is 0 Å². The van der Waals surface area contributed by atoms with E-state index in [9.17, 15) is 19.5 Å². The first kappa shape index (κ1) is 29.5. The van der Waals surface area contributed by atoms with Gasteiger partial charge in [-0.2, -0.15) is 0 Å². The molecule has 2 aromatic carbocycles. The molecule has 228 valence electrons. The second kappa shape index (κ2) is 10.9. The van der Waals surface area contributed by atoms with E-state index in [1.807, 2.05) is 38.1 Å². The first-order chi connectivity index (χ1) is 20.9. The number of benzene rings is 2. The summed E-state index contributed by atoms with van der Waals surface area (Å²) >= 11 is 0. The monoisotopic (exact) mass is 595 g/mol. The van der Waals surface area contributed by atoms with Gasteiger partial charge in [0.25, 0.3) is 11.5 Å². The van der Waals surface area contributed by atoms with Gasteiger partial charge in [-0.15, -0.1) is 0 Å². The van der Waals surface area contributed by atoms with Crippen molar-refractivity contribution in [2.75, 3.05) is 25.5 Å². The van der Waals surface area contributed by atoms with Crippen LogP contribution < -0.4 is 21.3 Å². The second-order valence-electron chi connectivity index (χ2n) is 12.3. The lowest BCUT2D eigenvalue weighted by atomic mass is 9.91. The highest BCUT2D eigenvalue weighted by atomic mass is 16.5. The molecule has 1 amide bonds. The molecule has 1 aliphatic carbocycles. The van der Waals surface area contributed by atoms with Gasteiger partial charge in [-0.1, -0.05) is 30.3 Å². The summed E-state index contributed by atoms with van der Waals surface area (Å²) in [6, 6.07) is 14.1. The normalized spacial score (nSPS) is 17.2. The Morgan fingerprint density at radius 3 is 2.39 bits per heavy atom. The maximum Gasteiger partial charge on any atom is 0.330 e. The molecule has 0 radical (unpaired) electrons. The number of methoxy groups -OCH3 is 1. The van der Waals surface area contributed by atoms with Crippen molar-refractivity contribution < 1.29 is 14.6 Å². The number of anilines is 1. The van der Waals surface area contributed by atoms with E-state index in [-0.39, 0.29) is 11.6 Å². The number of rotatable bonds is 6. The molecule has 3 heterocycles. The van der Waals surface area contributed by atoms with Crippen molar-refractivity contribution in [3.63, 3.8) is 0 Å². The molecule has 1 unspecified atom stereocenters. The summed E-state index contributed by atoms with van der Waals surface area (Å²) in [6.07, 6.45) is 3.15. The minimum atomic E-state index is -0.650. The summed E-state index contributed by atoms with van der Waals surface area (Å²) in [5, 5.41) is 13.2. The first-order valence-electron chi connectivity index (χ1n) is 14.7. The van der Waals surface area contributed by atoms with E-state index < -0.39 is 22.8 Å². The maximum absolute atomic E-state index is 13.2. The predicted octanol–water partition coefficient (Wildman–Crippen LogP) is 3.74. The number of ether oxygens (including phenoxy) is 1. The van der Waals surface area contributed by atoms with Crippen LogP contribution in [-0.4, -0.2) is 55.8 Å². The van der Waals surface area contributed by atoms with Gasteiger partial charge in [0.05, 0.1) is 18.4 Å². The van der Waals surface area contributed by atoms with E-state index >= 15 is 0 Å². The fourth-order valence-electron chi connectivity index (χ4n) is 6.71. The maximum atomic E-state index is 13.2. The number of nitrogens with zero attached hydrogens (tertiary/aromatic N) is 4. The Balaban J connectivity index is 1.34. The molecule has 0 saturated carbocycles. The third kappa shape index (κ3) is 4.93. The van der Waals surface area contributed by atoms with Crippen molar-refractivity contribution in [2.45, 2.75) is 45.3 Å². The zero-order valence-electron chi connectivity index (χ0n) is 25.9. The number of carbonyl (C=O) groups is 1. The van der Waals surface area contributed by atoms with Gasteiger partial charge in [-0.3, -0.25) is 19.1 Å². The number of aromatic nitrogens is 3. The topological polar surface area (TPSA) is 119 Å². The van der Waals surface area contributed by atoms with Gasteiger partial charge in [-0.25, -0.2) is 9.78 Å². The molecule has 10 nitrogen and oxygen atoms in total. The van der Waals surface area contributed by atoms with Crippen LogP contribution in [0, 0.1) is 13.8 Å². The number of hydrogen-bond donors (Lipinski definition) is 2. The van der Waals surface area contributed by atoms with Crippen molar-refractivity contribution in [1.29, 1.82) is 0 Å². The summed E-state index contributed by atoms with van der Waals surface area (Å²) < 4.78 is 7.97. The number of nitrogens with one attached hydrogen (secondary N) is 1. The zero-order valence-corrected chi connectivity index (χ0v) is 25.9. The van der Waals surface area contributed by atoms with Crippen LogP contribution in [0.3, 0.4) is 0 Å². The van der Waals surface area contributed by atoms with Gasteiger partial charge in [0.2, 0.25) is 5.88 Å². The molecule has 1 saturated heterocycles. The molecular weight excluding hydrogens is 558 g/mol. The minimum Gasteiger partial charge on any atom is -0.481 e. The third-order valence-corrected chi connectivity index (χ3v) is 9.02. The number of fused-ring (bicyclic) bond motifs is 1. The molecule has 0 spiro atoms. The van der Waals surface area contributed by atoms with Crippen molar-refractivity contribution in [3.8, 4) is 28.3 Å². The van der Waals surface area contributed by atoms with Gasteiger partial charge >= 0.3 is 5.69 Å². The summed E-state index contributed by atoms with van der Waals surface area (Å²) in [6.45, 7) is 7.15. The fraction of sp³-hybridized carbons (Fsp3) is 0.353. The number of pyridine rings is 1. The van der Waals surface area contributed by atoms with E-state index in [4.69, 9.17) is 9.72 Å². The average molecular weight is 596 g/mol. The van der Waals surface area contributed by atoms with Gasteiger partial charge in [-0.05, 0) is 73.6 Å². The van der Waals surface area contributed by atoms with Gasteiger partial charge in [0, 0.05) is 56.2 Å². The van der Waals surface area contributed by atoms with Crippen LogP contribution in [0.5, 0.6) is 5.88 Å². The SMILES string of the molecule is COc1nc(-c2cccc(-c3cccc(NC(=O)c4cn(C)c(=O)n(C)c4=O)c3C)c2C)cc2c1C(N1CC(C)(O)C1)CC2. The molecule has 2 N–H and O–H groups in total. The molecule has 0 bridgehead atoms. The highest BCUT2D eigenvalue weighted by molar-refractivity contribution is 6.04. The van der Waals surface area contributed by atoms with Gasteiger partial charge in [0.1, 0.15) is 5.56 Å². The first-order valence-corrected chi connectivity index (χ1v) is 14.7. The number of amides is 1. The standard InChI is InChI=1S/C34H37N5O5/c1-19-22(23-10-8-12-26(20(23)2)35-30(40)25-16-37(4)33(42)38(5)32(25)41)9-7-11-24(19)27-15-21-13-14-28(29(21)31(36-27)44-6)39-17-34(3,43)18-39/h7-12,15-16,28,43H,13-14,17-18H2,1-6H3,(H,35,40). The summed E-state index contributed by atoms with van der Waals surface area (Å²) in [5.41, 5.74) is 6.64. The molecule has 44 heavy (non-hydrogen) atoms. The van der Waals surface area contributed by atoms with Crippen LogP contribution in [-0.2, 0) is 20.5 Å². The lowest BCUT2D eigenvalue weighted by molar-refractivity contribution is -0.103. The smallest absolute Gasteiger partial charge is 0.330 e. The van der Waals surface area contributed by atoms with Gasteiger partial charge in [0.15, 0.2) is 0 Å². The molecule has 2 aliphatic rings. The molecule has 4 aromatic rings.